The predicted molar refractivity (Wildman–Crippen MR) is 76.6 cm³/mol. The zero-order valence-electron chi connectivity index (χ0n) is 12.9. The molecule has 1 unspecified atom stereocenters. The Morgan fingerprint density at radius 1 is 1.33 bits per heavy atom. The lowest BCUT2D eigenvalue weighted by Gasteiger charge is -2.29. The summed E-state index contributed by atoms with van der Waals surface area (Å²) < 4.78 is 5.50. The molecule has 1 atom stereocenters. The van der Waals surface area contributed by atoms with Crippen molar-refractivity contribution in [2.24, 2.45) is 0 Å². The van der Waals surface area contributed by atoms with Crippen molar-refractivity contribution in [1.82, 2.24) is 10.2 Å². The summed E-state index contributed by atoms with van der Waals surface area (Å²) in [5.41, 5.74) is -2.27. The summed E-state index contributed by atoms with van der Waals surface area (Å²) >= 11 is 0. The average molecular weight is 294 g/mol. The highest BCUT2D eigenvalue weighted by Gasteiger charge is 2.52. The molecule has 1 aromatic rings. The maximum absolute atomic E-state index is 12.6. The molecule has 2 heterocycles. The van der Waals surface area contributed by atoms with Crippen LogP contribution in [0, 0.1) is 6.92 Å². The van der Waals surface area contributed by atoms with E-state index < -0.39 is 23.1 Å². The first-order valence-corrected chi connectivity index (χ1v) is 7.19. The van der Waals surface area contributed by atoms with Crippen LogP contribution in [0.4, 0.5) is 4.79 Å². The van der Waals surface area contributed by atoms with Gasteiger partial charge in [-0.3, -0.25) is 9.69 Å². The fraction of sp³-hybridized carbons (Fsp3) is 0.600. The van der Waals surface area contributed by atoms with E-state index in [-0.39, 0.29) is 6.54 Å². The normalized spacial score (nSPS) is 22.8. The summed E-state index contributed by atoms with van der Waals surface area (Å²) in [5, 5.41) is 13.0. The molecule has 2 N–H and O–H groups in total. The highest BCUT2D eigenvalue weighted by atomic mass is 16.3. The van der Waals surface area contributed by atoms with Gasteiger partial charge in [0, 0.05) is 0 Å². The second-order valence-corrected chi connectivity index (χ2v) is 5.79. The van der Waals surface area contributed by atoms with Crippen LogP contribution in [0.15, 0.2) is 16.5 Å². The van der Waals surface area contributed by atoms with Crippen molar-refractivity contribution in [3.63, 3.8) is 0 Å². The zero-order chi connectivity index (χ0) is 15.8. The van der Waals surface area contributed by atoms with Gasteiger partial charge in [-0.05, 0) is 38.8 Å². The molecule has 1 fully saturated rings. The van der Waals surface area contributed by atoms with Crippen molar-refractivity contribution in [3.05, 3.63) is 23.7 Å². The molecule has 6 nitrogen and oxygen atoms in total. The number of nitrogens with one attached hydrogen (secondary N) is 1. The van der Waals surface area contributed by atoms with Gasteiger partial charge in [-0.2, -0.15) is 0 Å². The fourth-order valence-corrected chi connectivity index (χ4v) is 2.48. The van der Waals surface area contributed by atoms with Gasteiger partial charge in [-0.1, -0.05) is 13.8 Å². The molecule has 1 aliphatic rings. The molecule has 0 saturated carbocycles. The second kappa shape index (κ2) is 5.18. The number of urea groups is 1. The first-order valence-electron chi connectivity index (χ1n) is 7.19. The van der Waals surface area contributed by atoms with E-state index >= 15 is 0 Å². The third kappa shape index (κ3) is 2.55. The van der Waals surface area contributed by atoms with Crippen molar-refractivity contribution in [2.45, 2.75) is 51.7 Å². The van der Waals surface area contributed by atoms with Crippen molar-refractivity contribution < 1.29 is 19.1 Å². The van der Waals surface area contributed by atoms with Crippen LogP contribution in [0.1, 0.15) is 45.1 Å². The van der Waals surface area contributed by atoms with Crippen LogP contribution in [0.25, 0.3) is 0 Å². The Balaban J connectivity index is 2.28. The SMILES string of the molecule is CCC(O)(CC)CN1C(=O)NC(C)(c2ccc(C)o2)C1=O. The van der Waals surface area contributed by atoms with Crippen LogP contribution >= 0.6 is 0 Å². The van der Waals surface area contributed by atoms with Crippen molar-refractivity contribution in [2.75, 3.05) is 6.54 Å². The number of aliphatic hydroxyl groups is 1. The third-order valence-corrected chi connectivity index (χ3v) is 4.28. The summed E-state index contributed by atoms with van der Waals surface area (Å²) in [6, 6.07) is 2.93. The summed E-state index contributed by atoms with van der Waals surface area (Å²) in [7, 11) is 0. The Labute approximate surface area is 124 Å². The molecule has 1 saturated heterocycles. The Bertz CT molecular complexity index is 562. The van der Waals surface area contributed by atoms with Gasteiger partial charge < -0.3 is 14.8 Å². The van der Waals surface area contributed by atoms with E-state index in [0.29, 0.717) is 24.4 Å². The van der Waals surface area contributed by atoms with Crippen LogP contribution in [0.2, 0.25) is 0 Å². The minimum absolute atomic E-state index is 0.0139. The molecule has 1 aliphatic heterocycles. The number of hydrogen-bond donors (Lipinski definition) is 2. The van der Waals surface area contributed by atoms with Gasteiger partial charge in [0.15, 0.2) is 5.54 Å². The molecule has 0 spiro atoms. The van der Waals surface area contributed by atoms with Crippen molar-refractivity contribution in [1.29, 1.82) is 0 Å². The highest BCUT2D eigenvalue weighted by molar-refractivity contribution is 6.06. The molecule has 0 aromatic carbocycles. The zero-order valence-corrected chi connectivity index (χ0v) is 12.9. The Morgan fingerprint density at radius 3 is 2.43 bits per heavy atom. The van der Waals surface area contributed by atoms with Gasteiger partial charge in [0.1, 0.15) is 11.5 Å². The molecule has 2 rings (SSSR count). The van der Waals surface area contributed by atoms with E-state index in [9.17, 15) is 14.7 Å². The first kappa shape index (κ1) is 15.6. The monoisotopic (exact) mass is 294 g/mol. The number of amides is 3. The highest BCUT2D eigenvalue weighted by Crippen LogP contribution is 2.31. The topological polar surface area (TPSA) is 82.8 Å². The number of aryl methyl sites for hydroxylation is 1. The number of rotatable bonds is 5. The van der Waals surface area contributed by atoms with Crippen LogP contribution in [-0.2, 0) is 10.3 Å². The summed E-state index contributed by atoms with van der Waals surface area (Å²) in [6.45, 7) is 7.04. The number of imide groups is 1. The van der Waals surface area contributed by atoms with Gasteiger partial charge in [-0.15, -0.1) is 0 Å². The number of hydrogen-bond acceptors (Lipinski definition) is 4. The largest absolute Gasteiger partial charge is 0.463 e. The molecular weight excluding hydrogens is 272 g/mol. The summed E-state index contributed by atoms with van der Waals surface area (Å²) in [5.74, 6) is 0.671. The number of carbonyl (C=O) groups is 2. The first-order chi connectivity index (χ1) is 9.75. The second-order valence-electron chi connectivity index (χ2n) is 5.79. The van der Waals surface area contributed by atoms with Gasteiger partial charge in [0.25, 0.3) is 5.91 Å². The molecule has 3 amide bonds. The van der Waals surface area contributed by atoms with Gasteiger partial charge in [-0.25, -0.2) is 4.79 Å². The molecule has 6 heteroatoms. The van der Waals surface area contributed by atoms with E-state index in [1.165, 1.54) is 0 Å². The number of nitrogens with zero attached hydrogens (tertiary/aromatic N) is 1. The van der Waals surface area contributed by atoms with Crippen LogP contribution in [0.5, 0.6) is 0 Å². The number of furan rings is 1. The molecule has 1 aromatic heterocycles. The quantitative estimate of drug-likeness (QED) is 0.813. The molecule has 116 valence electrons. The fourth-order valence-electron chi connectivity index (χ4n) is 2.48. The molecule has 21 heavy (non-hydrogen) atoms. The lowest BCUT2D eigenvalue weighted by Crippen LogP contribution is -2.46. The van der Waals surface area contributed by atoms with E-state index in [1.54, 1.807) is 26.0 Å². The van der Waals surface area contributed by atoms with Gasteiger partial charge >= 0.3 is 6.03 Å². The minimum atomic E-state index is -1.21. The van der Waals surface area contributed by atoms with Crippen LogP contribution in [0.3, 0.4) is 0 Å². The summed E-state index contributed by atoms with van der Waals surface area (Å²) in [4.78, 5) is 25.8. The maximum Gasteiger partial charge on any atom is 0.325 e. The van der Waals surface area contributed by atoms with Crippen molar-refractivity contribution >= 4 is 11.9 Å². The van der Waals surface area contributed by atoms with Gasteiger partial charge in [0.05, 0.1) is 12.1 Å². The van der Waals surface area contributed by atoms with E-state index in [1.807, 2.05) is 13.8 Å². The lowest BCUT2D eigenvalue weighted by molar-refractivity contribution is -0.134. The van der Waals surface area contributed by atoms with Crippen molar-refractivity contribution in [3.8, 4) is 0 Å². The molecule has 0 aliphatic carbocycles. The number of carbonyl (C=O) groups excluding carboxylic acids is 2. The van der Waals surface area contributed by atoms with E-state index in [2.05, 4.69) is 5.32 Å². The molecule has 0 bridgehead atoms. The molecule has 0 radical (unpaired) electrons. The van der Waals surface area contributed by atoms with E-state index in [4.69, 9.17) is 4.42 Å². The Kier molecular flexibility index (Phi) is 3.84. The molecular formula is C15H22N2O4. The Morgan fingerprint density at radius 2 is 1.95 bits per heavy atom. The smallest absolute Gasteiger partial charge is 0.325 e. The van der Waals surface area contributed by atoms with E-state index in [0.717, 1.165) is 4.90 Å². The van der Waals surface area contributed by atoms with Crippen LogP contribution < -0.4 is 5.32 Å². The number of β-amino-alcohol motifs (C(OH)–C–C–N with tert-alkyl or cyclic N) is 1. The lowest BCUT2D eigenvalue weighted by atomic mass is 9.95. The Hall–Kier alpha value is -1.82. The van der Waals surface area contributed by atoms with Gasteiger partial charge in [0.2, 0.25) is 0 Å². The standard InChI is InChI=1S/C15H22N2O4/c1-5-15(20,6-2)9-17-12(18)14(4,16-13(17)19)11-8-7-10(3)21-11/h7-8,20H,5-6,9H2,1-4H3,(H,16,19). The average Bonchev–Trinajstić information content (AvgIpc) is 2.97. The summed E-state index contributed by atoms with van der Waals surface area (Å²) in [6.07, 6.45) is 0.939. The van der Waals surface area contributed by atoms with Crippen LogP contribution in [-0.4, -0.2) is 34.1 Å². The predicted octanol–water partition coefficient (Wildman–Crippen LogP) is 1.91. The maximum atomic E-state index is 12.6. The minimum Gasteiger partial charge on any atom is -0.463 e. The third-order valence-electron chi connectivity index (χ3n) is 4.28.